The first kappa shape index (κ1) is 19.0. The standard InChI is InChI=1S/C23H26Cl2N2/c24-21-10-6-18(7-11-21)16-26-14-15-27(17-19-8-12-22(25)13-9-19)23(26)20-4-2-1-3-5-20/h1-2,6-13,20,23H,3-5,14-17H2/p+2/t20-/m1/s1. The first-order valence-corrected chi connectivity index (χ1v) is 10.8. The van der Waals surface area contributed by atoms with E-state index >= 15 is 0 Å². The van der Waals surface area contributed by atoms with Crippen LogP contribution in [0.15, 0.2) is 60.7 Å². The van der Waals surface area contributed by atoms with Crippen molar-refractivity contribution in [2.24, 2.45) is 5.92 Å². The van der Waals surface area contributed by atoms with Gasteiger partial charge >= 0.3 is 0 Å². The molecule has 0 spiro atoms. The average molecular weight is 403 g/mol. The maximum absolute atomic E-state index is 6.08. The Morgan fingerprint density at radius 1 is 0.741 bits per heavy atom. The molecule has 2 aromatic rings. The van der Waals surface area contributed by atoms with Crippen molar-refractivity contribution in [3.63, 3.8) is 0 Å². The second-order valence-electron chi connectivity index (χ2n) is 7.95. The maximum Gasteiger partial charge on any atom is 0.217 e. The molecule has 1 heterocycles. The van der Waals surface area contributed by atoms with Crippen LogP contribution in [0.2, 0.25) is 10.0 Å². The van der Waals surface area contributed by atoms with Gasteiger partial charge in [0.15, 0.2) is 0 Å². The van der Waals surface area contributed by atoms with E-state index in [1.807, 2.05) is 24.3 Å². The third kappa shape index (κ3) is 4.75. The van der Waals surface area contributed by atoms with Crippen LogP contribution >= 0.6 is 23.2 Å². The Kier molecular flexibility index (Phi) is 6.19. The molecule has 142 valence electrons. The Hall–Kier alpha value is -1.32. The Morgan fingerprint density at radius 2 is 1.26 bits per heavy atom. The third-order valence-corrected chi connectivity index (χ3v) is 6.62. The van der Waals surface area contributed by atoms with Gasteiger partial charge in [-0.15, -0.1) is 0 Å². The van der Waals surface area contributed by atoms with Gasteiger partial charge in [0.25, 0.3) is 0 Å². The number of quaternary nitrogens is 2. The molecule has 0 saturated carbocycles. The van der Waals surface area contributed by atoms with Gasteiger partial charge < -0.3 is 0 Å². The highest BCUT2D eigenvalue weighted by atomic mass is 35.5. The van der Waals surface area contributed by atoms with Gasteiger partial charge in [-0.25, -0.2) is 0 Å². The number of hydrogen-bond acceptors (Lipinski definition) is 0. The molecule has 27 heavy (non-hydrogen) atoms. The lowest BCUT2D eigenvalue weighted by molar-refractivity contribution is -1.08. The van der Waals surface area contributed by atoms with Gasteiger partial charge in [0.1, 0.15) is 26.2 Å². The van der Waals surface area contributed by atoms with Gasteiger partial charge in [0.2, 0.25) is 6.17 Å². The lowest BCUT2D eigenvalue weighted by Gasteiger charge is -2.31. The molecule has 2 N–H and O–H groups in total. The Morgan fingerprint density at radius 3 is 1.70 bits per heavy atom. The fraction of sp³-hybridized carbons (Fsp3) is 0.391. The van der Waals surface area contributed by atoms with E-state index in [4.69, 9.17) is 23.2 Å². The molecule has 4 rings (SSSR count). The predicted octanol–water partition coefficient (Wildman–Crippen LogP) is 3.16. The van der Waals surface area contributed by atoms with Gasteiger partial charge in [-0.05, 0) is 43.5 Å². The Bertz CT molecular complexity index is 714. The summed E-state index contributed by atoms with van der Waals surface area (Å²) in [5.41, 5.74) is 2.77. The number of rotatable bonds is 5. The number of allylic oxidation sites excluding steroid dienone is 2. The van der Waals surface area contributed by atoms with Crippen LogP contribution in [0.4, 0.5) is 0 Å². The summed E-state index contributed by atoms with van der Waals surface area (Å²) in [5.74, 6) is 0.766. The van der Waals surface area contributed by atoms with Crippen molar-refractivity contribution in [1.82, 2.24) is 0 Å². The van der Waals surface area contributed by atoms with Crippen LogP contribution < -0.4 is 9.80 Å². The Balaban J connectivity index is 1.52. The molecule has 2 aromatic carbocycles. The van der Waals surface area contributed by atoms with Crippen molar-refractivity contribution < 1.29 is 9.80 Å². The fourth-order valence-electron chi connectivity index (χ4n) is 4.83. The molecule has 1 saturated heterocycles. The Labute approximate surface area is 172 Å². The van der Waals surface area contributed by atoms with Crippen LogP contribution in [0, 0.1) is 5.92 Å². The average Bonchev–Trinajstić information content (AvgIpc) is 3.08. The van der Waals surface area contributed by atoms with E-state index in [0.29, 0.717) is 6.17 Å². The minimum Gasteiger partial charge on any atom is -0.277 e. The molecule has 1 aliphatic carbocycles. The quantitative estimate of drug-likeness (QED) is 0.710. The van der Waals surface area contributed by atoms with Gasteiger partial charge in [-0.3, -0.25) is 9.80 Å². The monoisotopic (exact) mass is 402 g/mol. The van der Waals surface area contributed by atoms with Crippen molar-refractivity contribution >= 4 is 23.2 Å². The van der Waals surface area contributed by atoms with Crippen LogP contribution in [0.1, 0.15) is 30.4 Å². The SMILES string of the molecule is Clc1ccc(C[NH+]2CC[NH+](Cc3ccc(Cl)cc3)C2[C@@H]2CC=CCC2)cc1. The summed E-state index contributed by atoms with van der Waals surface area (Å²) in [7, 11) is 0. The third-order valence-electron chi connectivity index (χ3n) is 6.12. The molecule has 0 aromatic heterocycles. The van der Waals surface area contributed by atoms with E-state index in [2.05, 4.69) is 36.4 Å². The molecule has 0 radical (unpaired) electrons. The van der Waals surface area contributed by atoms with Gasteiger partial charge in [0.05, 0.1) is 5.92 Å². The zero-order valence-electron chi connectivity index (χ0n) is 15.6. The lowest BCUT2D eigenvalue weighted by Crippen LogP contribution is -3.28. The molecule has 1 aliphatic heterocycles. The van der Waals surface area contributed by atoms with Crippen molar-refractivity contribution in [3.8, 4) is 0 Å². The highest BCUT2D eigenvalue weighted by molar-refractivity contribution is 6.30. The molecule has 0 amide bonds. The van der Waals surface area contributed by atoms with Crippen molar-refractivity contribution in [2.45, 2.75) is 38.5 Å². The van der Waals surface area contributed by atoms with Gasteiger partial charge in [-0.1, -0.05) is 59.6 Å². The van der Waals surface area contributed by atoms with Gasteiger partial charge in [-0.2, -0.15) is 0 Å². The summed E-state index contributed by atoms with van der Waals surface area (Å²) >= 11 is 12.2. The second kappa shape index (κ2) is 8.79. The molecule has 2 unspecified atom stereocenters. The first-order valence-electron chi connectivity index (χ1n) is 10.0. The minimum absolute atomic E-state index is 0.654. The van der Waals surface area contributed by atoms with E-state index in [1.165, 1.54) is 43.5 Å². The molecule has 2 aliphatic rings. The smallest absolute Gasteiger partial charge is 0.217 e. The van der Waals surface area contributed by atoms with Crippen LogP contribution in [-0.4, -0.2) is 19.3 Å². The van der Waals surface area contributed by atoms with E-state index in [0.717, 1.165) is 29.1 Å². The van der Waals surface area contributed by atoms with E-state index < -0.39 is 0 Å². The summed E-state index contributed by atoms with van der Waals surface area (Å²) in [5, 5.41) is 1.64. The predicted molar refractivity (Wildman–Crippen MR) is 112 cm³/mol. The van der Waals surface area contributed by atoms with Crippen LogP contribution in [-0.2, 0) is 13.1 Å². The normalized spacial score (nSPS) is 27.8. The fourth-order valence-corrected chi connectivity index (χ4v) is 5.08. The summed E-state index contributed by atoms with van der Waals surface area (Å²) in [4.78, 5) is 3.45. The van der Waals surface area contributed by atoms with Crippen molar-refractivity contribution in [1.29, 1.82) is 0 Å². The number of nitrogens with one attached hydrogen (secondary N) is 2. The molecular formula is C23H28Cl2N2+2. The van der Waals surface area contributed by atoms with Gasteiger partial charge in [0, 0.05) is 21.2 Å². The summed E-state index contributed by atoms with van der Waals surface area (Å²) in [6.45, 7) is 4.64. The molecular weight excluding hydrogens is 375 g/mol. The first-order chi connectivity index (χ1) is 13.2. The highest BCUT2D eigenvalue weighted by Gasteiger charge is 2.44. The van der Waals surface area contributed by atoms with E-state index in [-0.39, 0.29) is 0 Å². The topological polar surface area (TPSA) is 8.88 Å². The maximum atomic E-state index is 6.08. The minimum atomic E-state index is 0.654. The summed E-state index contributed by atoms with van der Waals surface area (Å²) in [6.07, 6.45) is 9.16. The molecule has 2 nitrogen and oxygen atoms in total. The van der Waals surface area contributed by atoms with Crippen LogP contribution in [0.25, 0.3) is 0 Å². The summed E-state index contributed by atoms with van der Waals surface area (Å²) in [6, 6.07) is 16.8. The number of hydrogen-bond donors (Lipinski definition) is 2. The van der Waals surface area contributed by atoms with Crippen molar-refractivity contribution in [3.05, 3.63) is 81.9 Å². The highest BCUT2D eigenvalue weighted by Crippen LogP contribution is 2.20. The number of benzene rings is 2. The van der Waals surface area contributed by atoms with Crippen LogP contribution in [0.5, 0.6) is 0 Å². The largest absolute Gasteiger partial charge is 0.277 e. The number of halogens is 2. The molecule has 4 heteroatoms. The molecule has 3 atom stereocenters. The summed E-state index contributed by atoms with van der Waals surface area (Å²) < 4.78 is 0. The second-order valence-corrected chi connectivity index (χ2v) is 8.82. The van der Waals surface area contributed by atoms with E-state index in [1.54, 1.807) is 9.80 Å². The molecule has 1 fully saturated rings. The van der Waals surface area contributed by atoms with E-state index in [9.17, 15) is 0 Å². The zero-order chi connectivity index (χ0) is 18.6. The zero-order valence-corrected chi connectivity index (χ0v) is 17.1. The van der Waals surface area contributed by atoms with Crippen molar-refractivity contribution in [2.75, 3.05) is 13.1 Å². The molecule has 0 bridgehead atoms. The lowest BCUT2D eigenvalue weighted by atomic mass is 9.90. The van der Waals surface area contributed by atoms with Crippen LogP contribution in [0.3, 0.4) is 0 Å².